The minimum Gasteiger partial charge on any atom is -0.396 e. The molecule has 7 heteroatoms. The Labute approximate surface area is 133 Å². The second kappa shape index (κ2) is 6.67. The molecule has 0 aliphatic carbocycles. The molecular formula is C13H17Cl3N2O2. The van der Waals surface area contributed by atoms with Gasteiger partial charge in [0.2, 0.25) is 0 Å². The Morgan fingerprint density at radius 2 is 2.10 bits per heavy atom. The molecule has 20 heavy (non-hydrogen) atoms. The minimum atomic E-state index is -0.0727. The van der Waals surface area contributed by atoms with E-state index in [1.807, 2.05) is 0 Å². The molecule has 0 saturated carbocycles. The van der Waals surface area contributed by atoms with Crippen LogP contribution in [0.4, 0.5) is 0 Å². The largest absolute Gasteiger partial charge is 0.396 e. The van der Waals surface area contributed by atoms with Gasteiger partial charge in [-0.1, -0.05) is 23.2 Å². The van der Waals surface area contributed by atoms with Crippen molar-refractivity contribution in [3.05, 3.63) is 21.4 Å². The molecule has 1 aromatic rings. The number of H-pyrrole nitrogens is 1. The fourth-order valence-corrected chi connectivity index (χ4v) is 3.33. The first-order valence-corrected chi connectivity index (χ1v) is 7.61. The van der Waals surface area contributed by atoms with Crippen LogP contribution >= 0.6 is 35.0 Å². The van der Waals surface area contributed by atoms with Gasteiger partial charge >= 0.3 is 0 Å². The Bertz CT molecular complexity index is 504. The maximum atomic E-state index is 12.3. The summed E-state index contributed by atoms with van der Waals surface area (Å²) in [5, 5.41) is 10.1. The first-order valence-electron chi connectivity index (χ1n) is 6.52. The highest BCUT2D eigenvalue weighted by atomic mass is 35.5. The van der Waals surface area contributed by atoms with Gasteiger partial charge in [-0.05, 0) is 37.0 Å². The third-order valence-corrected chi connectivity index (χ3v) is 5.11. The van der Waals surface area contributed by atoms with Crippen molar-refractivity contribution in [1.29, 1.82) is 0 Å². The number of ketones is 1. The van der Waals surface area contributed by atoms with E-state index < -0.39 is 0 Å². The predicted molar refractivity (Wildman–Crippen MR) is 80.6 cm³/mol. The molecule has 0 bridgehead atoms. The molecule has 0 aromatic carbocycles. The number of hydrogen-bond donors (Lipinski definition) is 2. The average Bonchev–Trinajstić information content (AvgIpc) is 2.68. The van der Waals surface area contributed by atoms with Crippen molar-refractivity contribution in [2.75, 3.05) is 19.7 Å². The van der Waals surface area contributed by atoms with E-state index in [2.05, 4.69) is 4.98 Å². The standard InChI is InChI=1S/C13H17Cl3N2O2/c1-7-11(14)12(15)13(17-7)10(20)4-8-2-3-18(16)5-9(8)6-19/h8-9,17,19H,2-6H2,1H3. The number of aromatic amines is 1. The Morgan fingerprint density at radius 1 is 1.40 bits per heavy atom. The summed E-state index contributed by atoms with van der Waals surface area (Å²) in [5.41, 5.74) is 1.05. The van der Waals surface area contributed by atoms with Crippen LogP contribution < -0.4 is 0 Å². The highest BCUT2D eigenvalue weighted by Gasteiger charge is 2.31. The third kappa shape index (κ3) is 3.31. The highest BCUT2D eigenvalue weighted by molar-refractivity contribution is 6.44. The van der Waals surface area contributed by atoms with Crippen molar-refractivity contribution >= 4 is 40.8 Å². The number of aryl methyl sites for hydroxylation is 1. The molecule has 2 N–H and O–H groups in total. The van der Waals surface area contributed by atoms with Crippen LogP contribution in [-0.4, -0.2) is 40.0 Å². The number of piperidine rings is 1. The average molecular weight is 340 g/mol. The summed E-state index contributed by atoms with van der Waals surface area (Å²) in [6.45, 7) is 3.11. The number of nitrogens with one attached hydrogen (secondary N) is 1. The number of Topliss-reactive ketones (excluding diaryl/α,β-unsaturated/α-hetero) is 1. The third-order valence-electron chi connectivity index (χ3n) is 3.86. The van der Waals surface area contributed by atoms with E-state index in [1.165, 1.54) is 0 Å². The second-order valence-corrected chi connectivity index (χ2v) is 6.47. The van der Waals surface area contributed by atoms with Crippen LogP contribution in [0.15, 0.2) is 0 Å². The minimum absolute atomic E-state index is 0.00973. The molecule has 112 valence electrons. The van der Waals surface area contributed by atoms with Crippen LogP contribution in [0.1, 0.15) is 29.0 Å². The fourth-order valence-electron chi connectivity index (χ4n) is 2.62. The van der Waals surface area contributed by atoms with Crippen molar-refractivity contribution in [2.45, 2.75) is 19.8 Å². The quantitative estimate of drug-likeness (QED) is 0.654. The normalized spacial score (nSPS) is 24.1. The van der Waals surface area contributed by atoms with Crippen LogP contribution in [0.2, 0.25) is 10.0 Å². The van der Waals surface area contributed by atoms with Crippen LogP contribution in [0.5, 0.6) is 0 Å². The van der Waals surface area contributed by atoms with Crippen LogP contribution in [0, 0.1) is 18.8 Å². The lowest BCUT2D eigenvalue weighted by Crippen LogP contribution is -2.38. The zero-order valence-corrected chi connectivity index (χ0v) is 13.4. The van der Waals surface area contributed by atoms with Crippen LogP contribution in [-0.2, 0) is 0 Å². The van der Waals surface area contributed by atoms with Gasteiger partial charge in [0.05, 0.1) is 10.0 Å². The molecule has 1 aliphatic rings. The van der Waals surface area contributed by atoms with Crippen molar-refractivity contribution in [3.63, 3.8) is 0 Å². The SMILES string of the molecule is Cc1[nH]c(C(=O)CC2CCN(Cl)CC2CO)c(Cl)c1Cl. The monoisotopic (exact) mass is 338 g/mol. The molecule has 4 nitrogen and oxygen atoms in total. The summed E-state index contributed by atoms with van der Waals surface area (Å²) in [6, 6.07) is 0. The number of nitrogens with zero attached hydrogens (tertiary/aromatic N) is 1. The van der Waals surface area contributed by atoms with E-state index in [1.54, 1.807) is 11.3 Å². The number of carbonyl (C=O) groups is 1. The number of halogens is 3. The molecule has 1 fully saturated rings. The summed E-state index contributed by atoms with van der Waals surface area (Å²) in [6.07, 6.45) is 1.12. The molecule has 0 spiro atoms. The molecule has 2 atom stereocenters. The van der Waals surface area contributed by atoms with Crippen molar-refractivity contribution in [3.8, 4) is 0 Å². The van der Waals surface area contributed by atoms with E-state index >= 15 is 0 Å². The van der Waals surface area contributed by atoms with Gasteiger partial charge in [0.25, 0.3) is 0 Å². The van der Waals surface area contributed by atoms with E-state index in [-0.39, 0.29) is 29.2 Å². The van der Waals surface area contributed by atoms with Gasteiger partial charge in [0, 0.05) is 31.8 Å². The van der Waals surface area contributed by atoms with Gasteiger partial charge in [0.15, 0.2) is 5.78 Å². The molecular weight excluding hydrogens is 323 g/mol. The van der Waals surface area contributed by atoms with Gasteiger partial charge in [-0.2, -0.15) is 0 Å². The van der Waals surface area contributed by atoms with Gasteiger partial charge in [-0.15, -0.1) is 0 Å². The molecule has 1 saturated heterocycles. The van der Waals surface area contributed by atoms with E-state index in [4.69, 9.17) is 35.0 Å². The number of rotatable bonds is 4. The maximum absolute atomic E-state index is 12.3. The Balaban J connectivity index is 2.09. The highest BCUT2D eigenvalue weighted by Crippen LogP contribution is 2.33. The first kappa shape index (κ1) is 16.1. The van der Waals surface area contributed by atoms with Gasteiger partial charge < -0.3 is 10.1 Å². The smallest absolute Gasteiger partial charge is 0.180 e. The number of aliphatic hydroxyl groups is 1. The summed E-state index contributed by atoms with van der Waals surface area (Å²) < 4.78 is 1.66. The molecule has 2 unspecified atom stereocenters. The van der Waals surface area contributed by atoms with E-state index in [0.717, 1.165) is 6.42 Å². The number of aromatic nitrogens is 1. The molecule has 0 radical (unpaired) electrons. The summed E-state index contributed by atoms with van der Waals surface area (Å²) >= 11 is 18.0. The van der Waals surface area contributed by atoms with E-state index in [9.17, 15) is 9.90 Å². The molecule has 1 aromatic heterocycles. The van der Waals surface area contributed by atoms with Gasteiger partial charge in [0.1, 0.15) is 5.69 Å². The maximum Gasteiger partial charge on any atom is 0.180 e. The number of aliphatic hydroxyl groups excluding tert-OH is 1. The molecule has 2 rings (SSSR count). The lowest BCUT2D eigenvalue weighted by molar-refractivity contribution is 0.0811. The number of carbonyl (C=O) groups excluding carboxylic acids is 1. The Morgan fingerprint density at radius 3 is 2.65 bits per heavy atom. The van der Waals surface area contributed by atoms with Gasteiger partial charge in [-0.3, -0.25) is 4.79 Å². The van der Waals surface area contributed by atoms with Crippen molar-refractivity contribution in [1.82, 2.24) is 9.40 Å². The van der Waals surface area contributed by atoms with E-state index in [0.29, 0.717) is 35.9 Å². The van der Waals surface area contributed by atoms with Gasteiger partial charge in [-0.25, -0.2) is 4.42 Å². The summed E-state index contributed by atoms with van der Waals surface area (Å²) in [5.74, 6) is 0.0490. The fraction of sp³-hybridized carbons (Fsp3) is 0.615. The summed E-state index contributed by atoms with van der Waals surface area (Å²) in [7, 11) is 0. The first-order chi connectivity index (χ1) is 9.43. The van der Waals surface area contributed by atoms with Crippen LogP contribution in [0.25, 0.3) is 0 Å². The van der Waals surface area contributed by atoms with Crippen molar-refractivity contribution < 1.29 is 9.90 Å². The zero-order chi connectivity index (χ0) is 14.9. The van der Waals surface area contributed by atoms with Crippen LogP contribution in [0.3, 0.4) is 0 Å². The Hall–Kier alpha value is -0.260. The zero-order valence-electron chi connectivity index (χ0n) is 11.1. The predicted octanol–water partition coefficient (Wildman–Crippen LogP) is 3.29. The number of hydrogen-bond acceptors (Lipinski definition) is 3. The summed E-state index contributed by atoms with van der Waals surface area (Å²) in [4.78, 5) is 15.3. The topological polar surface area (TPSA) is 56.3 Å². The molecule has 0 amide bonds. The molecule has 1 aliphatic heterocycles. The lowest BCUT2D eigenvalue weighted by Gasteiger charge is -2.33. The molecule has 2 heterocycles. The Kier molecular flexibility index (Phi) is 5.37. The lowest BCUT2D eigenvalue weighted by atomic mass is 9.83. The van der Waals surface area contributed by atoms with Crippen molar-refractivity contribution in [2.24, 2.45) is 11.8 Å². The second-order valence-electron chi connectivity index (χ2n) is 5.24.